The minimum atomic E-state index is 0.00896. The number of aromatic nitrogens is 2. The fraction of sp³-hybridized carbons (Fsp3) is 0.273. The van der Waals surface area contributed by atoms with E-state index in [4.69, 9.17) is 16.3 Å². The molecular formula is C22H23ClN2O2. The van der Waals surface area contributed by atoms with E-state index < -0.39 is 0 Å². The second kappa shape index (κ2) is 8.40. The normalized spacial score (nSPS) is 10.8. The van der Waals surface area contributed by atoms with Crippen molar-refractivity contribution in [3.63, 3.8) is 0 Å². The third-order valence-corrected chi connectivity index (χ3v) is 4.87. The molecule has 5 heteroatoms. The summed E-state index contributed by atoms with van der Waals surface area (Å²) in [6.07, 6.45) is 1.75. The van der Waals surface area contributed by atoms with Gasteiger partial charge in [-0.3, -0.25) is 9.48 Å². The molecule has 0 atom stereocenters. The number of nitrogens with zero attached hydrogens (tertiary/aromatic N) is 2. The Balaban J connectivity index is 1.61. The van der Waals surface area contributed by atoms with Gasteiger partial charge in [0.25, 0.3) is 0 Å². The molecule has 0 saturated heterocycles. The maximum absolute atomic E-state index is 12.6. The predicted octanol–water partition coefficient (Wildman–Crippen LogP) is 5.55. The van der Waals surface area contributed by atoms with E-state index in [0.717, 1.165) is 22.8 Å². The first-order valence-electron chi connectivity index (χ1n) is 9.06. The summed E-state index contributed by atoms with van der Waals surface area (Å²) in [4.78, 5) is 12.6. The van der Waals surface area contributed by atoms with Crippen LogP contribution in [0, 0.1) is 6.92 Å². The van der Waals surface area contributed by atoms with Crippen LogP contribution in [-0.2, 0) is 19.9 Å². The van der Waals surface area contributed by atoms with Crippen LogP contribution < -0.4 is 4.74 Å². The van der Waals surface area contributed by atoms with Gasteiger partial charge in [0.05, 0.1) is 10.7 Å². The summed E-state index contributed by atoms with van der Waals surface area (Å²) in [7, 11) is 1.76. The fourth-order valence-corrected chi connectivity index (χ4v) is 3.32. The number of hydrogen-bond donors (Lipinski definition) is 0. The van der Waals surface area contributed by atoms with Crippen molar-refractivity contribution in [1.29, 1.82) is 0 Å². The van der Waals surface area contributed by atoms with Gasteiger partial charge < -0.3 is 4.74 Å². The fourth-order valence-electron chi connectivity index (χ4n) is 2.93. The summed E-state index contributed by atoms with van der Waals surface area (Å²) in [6.45, 7) is 4.02. The number of rotatable bonds is 7. The number of ketones is 1. The van der Waals surface area contributed by atoms with Crippen LogP contribution in [0.3, 0.4) is 0 Å². The number of benzene rings is 2. The molecule has 0 aliphatic carbocycles. The molecule has 4 nitrogen and oxygen atoms in total. The van der Waals surface area contributed by atoms with Crippen molar-refractivity contribution in [2.75, 3.05) is 0 Å². The lowest BCUT2D eigenvalue weighted by atomic mass is 10.1. The Morgan fingerprint density at radius 1 is 1.07 bits per heavy atom. The molecular weight excluding hydrogens is 360 g/mol. The summed E-state index contributed by atoms with van der Waals surface area (Å²) in [5.41, 5.74) is 3.53. The summed E-state index contributed by atoms with van der Waals surface area (Å²) >= 11 is 6.29. The molecule has 3 rings (SSSR count). The lowest BCUT2D eigenvalue weighted by molar-refractivity contribution is 0.0974. The summed E-state index contributed by atoms with van der Waals surface area (Å²) in [5.74, 6) is 1.59. The highest BCUT2D eigenvalue weighted by Gasteiger charge is 2.19. The van der Waals surface area contributed by atoms with E-state index in [1.165, 1.54) is 5.56 Å². The minimum Gasteiger partial charge on any atom is -0.457 e. The molecule has 0 radical (unpaired) electrons. The average Bonchev–Trinajstić information content (AvgIpc) is 2.96. The second-order valence-electron chi connectivity index (χ2n) is 6.57. The number of carbonyl (C=O) groups excluding carboxylic acids is 1. The molecule has 3 aromatic rings. The molecule has 0 amide bonds. The van der Waals surface area contributed by atoms with Gasteiger partial charge >= 0.3 is 0 Å². The largest absolute Gasteiger partial charge is 0.457 e. The smallest absolute Gasteiger partial charge is 0.182 e. The molecule has 1 heterocycles. The van der Waals surface area contributed by atoms with Crippen LogP contribution in [0.2, 0.25) is 5.02 Å². The van der Waals surface area contributed by atoms with Gasteiger partial charge in [0.1, 0.15) is 17.2 Å². The van der Waals surface area contributed by atoms with Crippen molar-refractivity contribution >= 4 is 17.4 Å². The Labute approximate surface area is 164 Å². The van der Waals surface area contributed by atoms with Crippen LogP contribution >= 0.6 is 11.6 Å². The van der Waals surface area contributed by atoms with Gasteiger partial charge in [-0.1, -0.05) is 48.4 Å². The Hall–Kier alpha value is -2.59. The Morgan fingerprint density at radius 3 is 2.22 bits per heavy atom. The average molecular weight is 383 g/mol. The molecule has 0 aliphatic heterocycles. The molecule has 2 aromatic carbocycles. The van der Waals surface area contributed by atoms with Gasteiger partial charge in [0.2, 0.25) is 0 Å². The summed E-state index contributed by atoms with van der Waals surface area (Å²) < 4.78 is 7.42. The molecule has 140 valence electrons. The molecule has 27 heavy (non-hydrogen) atoms. The Kier molecular flexibility index (Phi) is 5.97. The lowest BCUT2D eigenvalue weighted by Gasteiger charge is -2.07. The van der Waals surface area contributed by atoms with Crippen molar-refractivity contribution in [1.82, 2.24) is 9.78 Å². The van der Waals surface area contributed by atoms with Gasteiger partial charge in [-0.2, -0.15) is 5.10 Å². The number of carbonyl (C=O) groups is 1. The third-order valence-electron chi connectivity index (χ3n) is 4.48. The summed E-state index contributed by atoms with van der Waals surface area (Å²) in [5, 5.41) is 4.79. The quantitative estimate of drug-likeness (QED) is 0.503. The van der Waals surface area contributed by atoms with Crippen LogP contribution in [0.1, 0.15) is 40.7 Å². The van der Waals surface area contributed by atoms with E-state index in [-0.39, 0.29) is 5.78 Å². The zero-order valence-electron chi connectivity index (χ0n) is 15.8. The maximum Gasteiger partial charge on any atom is 0.182 e. The van der Waals surface area contributed by atoms with E-state index >= 15 is 0 Å². The van der Waals surface area contributed by atoms with Gasteiger partial charge in [-0.05, 0) is 49.6 Å². The van der Waals surface area contributed by atoms with Crippen molar-refractivity contribution in [3.05, 3.63) is 76.1 Å². The number of aryl methyl sites for hydroxylation is 4. The SMILES string of the molecule is CCc1nn(C)c(C(=O)CCc2ccc(Oc3ccc(C)cc3)cc2)c1Cl. The van der Waals surface area contributed by atoms with Gasteiger partial charge in [0.15, 0.2) is 5.78 Å². The first-order valence-corrected chi connectivity index (χ1v) is 9.43. The molecule has 0 bridgehead atoms. The number of hydrogen-bond acceptors (Lipinski definition) is 3. The predicted molar refractivity (Wildman–Crippen MR) is 108 cm³/mol. The van der Waals surface area contributed by atoms with Crippen LogP contribution in [0.25, 0.3) is 0 Å². The van der Waals surface area contributed by atoms with Crippen LogP contribution in [0.4, 0.5) is 0 Å². The number of ether oxygens (including phenoxy) is 1. The van der Waals surface area contributed by atoms with Gasteiger partial charge in [0, 0.05) is 13.5 Å². The highest BCUT2D eigenvalue weighted by molar-refractivity contribution is 6.34. The molecule has 0 unspecified atom stereocenters. The number of Topliss-reactive ketones (excluding diaryl/α,β-unsaturated/α-hetero) is 1. The van der Waals surface area contributed by atoms with Crippen LogP contribution in [0.15, 0.2) is 48.5 Å². The van der Waals surface area contributed by atoms with E-state index in [9.17, 15) is 4.79 Å². The highest BCUT2D eigenvalue weighted by Crippen LogP contribution is 2.24. The monoisotopic (exact) mass is 382 g/mol. The Morgan fingerprint density at radius 2 is 1.67 bits per heavy atom. The molecule has 0 fully saturated rings. The minimum absolute atomic E-state index is 0.00896. The number of halogens is 1. The van der Waals surface area contributed by atoms with Crippen LogP contribution in [0.5, 0.6) is 11.5 Å². The molecule has 1 aromatic heterocycles. The van der Waals surface area contributed by atoms with E-state index in [1.54, 1.807) is 11.7 Å². The highest BCUT2D eigenvalue weighted by atomic mass is 35.5. The first kappa shape index (κ1) is 19.2. The zero-order valence-corrected chi connectivity index (χ0v) is 16.6. The lowest BCUT2D eigenvalue weighted by Crippen LogP contribution is -2.08. The maximum atomic E-state index is 12.6. The Bertz CT molecular complexity index is 928. The van der Waals surface area contributed by atoms with Gasteiger partial charge in [-0.25, -0.2) is 0 Å². The molecule has 0 spiro atoms. The standard InChI is InChI=1S/C22H23ClN2O2/c1-4-19-21(23)22(25(3)24-19)20(26)14-9-16-7-12-18(13-8-16)27-17-10-5-15(2)6-11-17/h5-8,10-13H,4,9,14H2,1-3H3. The molecule has 0 saturated carbocycles. The van der Waals surface area contributed by atoms with Crippen molar-refractivity contribution in [2.24, 2.45) is 7.05 Å². The summed E-state index contributed by atoms with van der Waals surface area (Å²) in [6, 6.07) is 15.7. The van der Waals surface area contributed by atoms with Crippen molar-refractivity contribution in [2.45, 2.75) is 33.1 Å². The first-order chi connectivity index (χ1) is 13.0. The second-order valence-corrected chi connectivity index (χ2v) is 6.95. The molecule has 0 N–H and O–H groups in total. The van der Waals surface area contributed by atoms with Crippen molar-refractivity contribution in [3.8, 4) is 11.5 Å². The van der Waals surface area contributed by atoms with Gasteiger partial charge in [-0.15, -0.1) is 0 Å². The van der Waals surface area contributed by atoms with Crippen LogP contribution in [-0.4, -0.2) is 15.6 Å². The van der Waals surface area contributed by atoms with E-state index in [2.05, 4.69) is 5.10 Å². The molecule has 0 aliphatic rings. The third kappa shape index (κ3) is 4.58. The van der Waals surface area contributed by atoms with Crippen molar-refractivity contribution < 1.29 is 9.53 Å². The van der Waals surface area contributed by atoms with E-state index in [0.29, 0.717) is 30.0 Å². The topological polar surface area (TPSA) is 44.1 Å². The zero-order chi connectivity index (χ0) is 19.4. The van der Waals surface area contributed by atoms with E-state index in [1.807, 2.05) is 62.4 Å².